The first-order valence-electron chi connectivity index (χ1n) is 4.76. The van der Waals surface area contributed by atoms with Crippen molar-refractivity contribution in [3.8, 4) is 0 Å². The fourth-order valence-corrected chi connectivity index (χ4v) is 2.01. The molecule has 0 radical (unpaired) electrons. The first-order chi connectivity index (χ1) is 7.98. The van der Waals surface area contributed by atoms with Crippen LogP contribution in [0.4, 0.5) is 0 Å². The van der Waals surface area contributed by atoms with E-state index < -0.39 is 10.1 Å². The van der Waals surface area contributed by atoms with Gasteiger partial charge in [0, 0.05) is 0 Å². The van der Waals surface area contributed by atoms with Crippen LogP contribution >= 0.6 is 11.8 Å². The molecule has 1 aromatic heterocycles. The molecule has 0 saturated carbocycles. The molecular formula is C10H11NO4S2. The van der Waals surface area contributed by atoms with Gasteiger partial charge in [-0.3, -0.25) is 4.18 Å². The average molecular weight is 273 g/mol. The summed E-state index contributed by atoms with van der Waals surface area (Å²) in [6.45, 7) is 0.00404. The third-order valence-corrected chi connectivity index (χ3v) is 3.12. The van der Waals surface area contributed by atoms with Crippen molar-refractivity contribution in [1.29, 1.82) is 0 Å². The highest BCUT2D eigenvalue weighted by Gasteiger charge is 2.07. The van der Waals surface area contributed by atoms with Gasteiger partial charge in [0.25, 0.3) is 15.3 Å². The second kappa shape index (κ2) is 4.67. The summed E-state index contributed by atoms with van der Waals surface area (Å²) in [6.07, 6.45) is 2.89. The summed E-state index contributed by atoms with van der Waals surface area (Å²) in [4.78, 5) is 4.22. The van der Waals surface area contributed by atoms with Crippen molar-refractivity contribution in [2.24, 2.45) is 0 Å². The Balaban J connectivity index is 2.25. The van der Waals surface area contributed by atoms with E-state index in [-0.39, 0.29) is 6.61 Å². The van der Waals surface area contributed by atoms with Crippen LogP contribution in [0.3, 0.4) is 0 Å². The molecule has 5 nitrogen and oxygen atoms in total. The minimum Gasteiger partial charge on any atom is -0.431 e. The topological polar surface area (TPSA) is 69.4 Å². The monoisotopic (exact) mass is 273 g/mol. The first-order valence-corrected chi connectivity index (χ1v) is 7.80. The van der Waals surface area contributed by atoms with E-state index in [1.54, 1.807) is 18.2 Å². The van der Waals surface area contributed by atoms with Crippen LogP contribution in [0.5, 0.6) is 0 Å². The van der Waals surface area contributed by atoms with Crippen LogP contribution in [-0.2, 0) is 20.9 Å². The van der Waals surface area contributed by atoms with Crippen molar-refractivity contribution in [3.05, 3.63) is 23.8 Å². The predicted molar refractivity (Wildman–Crippen MR) is 65.4 cm³/mol. The lowest BCUT2D eigenvalue weighted by molar-refractivity contribution is 0.311. The minimum atomic E-state index is -3.43. The smallest absolute Gasteiger partial charge is 0.264 e. The van der Waals surface area contributed by atoms with Crippen LogP contribution < -0.4 is 0 Å². The van der Waals surface area contributed by atoms with E-state index in [2.05, 4.69) is 4.98 Å². The number of aromatic nitrogens is 1. The Morgan fingerprint density at radius 1 is 1.47 bits per heavy atom. The van der Waals surface area contributed by atoms with E-state index in [9.17, 15) is 8.42 Å². The van der Waals surface area contributed by atoms with E-state index >= 15 is 0 Å². The summed E-state index contributed by atoms with van der Waals surface area (Å²) in [5.74, 6) is 0. The highest BCUT2D eigenvalue weighted by Crippen LogP contribution is 2.22. The zero-order valence-corrected chi connectivity index (χ0v) is 11.0. The van der Waals surface area contributed by atoms with Crippen LogP contribution in [0.15, 0.2) is 27.8 Å². The summed E-state index contributed by atoms with van der Waals surface area (Å²) < 4.78 is 31.9. The Morgan fingerprint density at radius 2 is 2.24 bits per heavy atom. The van der Waals surface area contributed by atoms with Gasteiger partial charge in [0.1, 0.15) is 5.52 Å². The molecule has 0 fully saturated rings. The van der Waals surface area contributed by atoms with Crippen LogP contribution in [0.2, 0.25) is 0 Å². The van der Waals surface area contributed by atoms with Crippen molar-refractivity contribution >= 4 is 33.0 Å². The number of hydrogen-bond donors (Lipinski definition) is 0. The summed E-state index contributed by atoms with van der Waals surface area (Å²) in [5, 5.41) is 0.584. The molecular weight excluding hydrogens is 262 g/mol. The van der Waals surface area contributed by atoms with Gasteiger partial charge in [0.2, 0.25) is 0 Å². The number of fused-ring (bicyclic) bond motifs is 1. The third kappa shape index (κ3) is 3.21. The Labute approximate surface area is 103 Å². The number of benzene rings is 1. The molecule has 0 aliphatic carbocycles. The first kappa shape index (κ1) is 12.4. The van der Waals surface area contributed by atoms with Crippen LogP contribution in [0.25, 0.3) is 11.1 Å². The average Bonchev–Trinajstić information content (AvgIpc) is 2.67. The van der Waals surface area contributed by atoms with Crippen LogP contribution in [-0.4, -0.2) is 25.9 Å². The molecule has 0 atom stereocenters. The van der Waals surface area contributed by atoms with Crippen molar-refractivity contribution < 1.29 is 17.0 Å². The lowest BCUT2D eigenvalue weighted by Gasteiger charge is -2.00. The summed E-state index contributed by atoms with van der Waals surface area (Å²) in [7, 11) is -3.43. The van der Waals surface area contributed by atoms with Gasteiger partial charge in [-0.15, -0.1) is 0 Å². The fraction of sp³-hybridized carbons (Fsp3) is 0.300. The van der Waals surface area contributed by atoms with E-state index in [0.717, 1.165) is 17.3 Å². The molecule has 0 bridgehead atoms. The van der Waals surface area contributed by atoms with Crippen molar-refractivity contribution in [3.63, 3.8) is 0 Å². The number of hydrogen-bond acceptors (Lipinski definition) is 6. The highest BCUT2D eigenvalue weighted by atomic mass is 32.2. The fourth-order valence-electron chi connectivity index (χ4n) is 1.30. The molecule has 0 amide bonds. The largest absolute Gasteiger partial charge is 0.431 e. The maximum atomic E-state index is 10.9. The molecule has 0 spiro atoms. The quantitative estimate of drug-likeness (QED) is 0.627. The lowest BCUT2D eigenvalue weighted by Crippen LogP contribution is -2.02. The van der Waals surface area contributed by atoms with Crippen LogP contribution in [0, 0.1) is 0 Å². The third-order valence-electron chi connectivity index (χ3n) is 2.05. The lowest BCUT2D eigenvalue weighted by atomic mass is 10.2. The van der Waals surface area contributed by atoms with Gasteiger partial charge < -0.3 is 4.42 Å². The van der Waals surface area contributed by atoms with Gasteiger partial charge in [-0.2, -0.15) is 8.42 Å². The van der Waals surface area contributed by atoms with Gasteiger partial charge in [-0.1, -0.05) is 17.8 Å². The minimum absolute atomic E-state index is 0.00404. The predicted octanol–water partition coefficient (Wildman–Crippen LogP) is 2.03. The maximum Gasteiger partial charge on any atom is 0.264 e. The van der Waals surface area contributed by atoms with E-state index in [1.165, 1.54) is 11.8 Å². The summed E-state index contributed by atoms with van der Waals surface area (Å²) in [6, 6.07) is 5.27. The zero-order chi connectivity index (χ0) is 12.5. The molecule has 92 valence electrons. The second-order valence-electron chi connectivity index (χ2n) is 3.45. The van der Waals surface area contributed by atoms with Gasteiger partial charge in [0.15, 0.2) is 5.58 Å². The Morgan fingerprint density at radius 3 is 2.88 bits per heavy atom. The second-order valence-corrected chi connectivity index (χ2v) is 5.85. The Kier molecular flexibility index (Phi) is 3.41. The Hall–Kier alpha value is -1.05. The van der Waals surface area contributed by atoms with Crippen molar-refractivity contribution in [2.75, 3.05) is 12.5 Å². The summed E-state index contributed by atoms with van der Waals surface area (Å²) in [5.41, 5.74) is 2.10. The number of nitrogens with zero attached hydrogens (tertiary/aromatic N) is 1. The van der Waals surface area contributed by atoms with Gasteiger partial charge in [-0.25, -0.2) is 4.98 Å². The van der Waals surface area contributed by atoms with Gasteiger partial charge in [-0.05, 0) is 24.0 Å². The van der Waals surface area contributed by atoms with Gasteiger partial charge in [0.05, 0.1) is 12.9 Å². The molecule has 7 heteroatoms. The van der Waals surface area contributed by atoms with Crippen LogP contribution in [0.1, 0.15) is 5.56 Å². The molecule has 1 aromatic carbocycles. The van der Waals surface area contributed by atoms with E-state index in [0.29, 0.717) is 10.8 Å². The zero-order valence-electron chi connectivity index (χ0n) is 9.34. The number of oxazole rings is 1. The molecule has 2 aromatic rings. The molecule has 0 aliphatic rings. The summed E-state index contributed by atoms with van der Waals surface area (Å²) >= 11 is 1.41. The van der Waals surface area contributed by atoms with Gasteiger partial charge >= 0.3 is 0 Å². The molecule has 0 unspecified atom stereocenters. The van der Waals surface area contributed by atoms with Crippen molar-refractivity contribution in [2.45, 2.75) is 11.8 Å². The molecule has 1 heterocycles. The molecule has 0 saturated heterocycles. The normalized spacial score (nSPS) is 12.1. The molecule has 0 aliphatic heterocycles. The van der Waals surface area contributed by atoms with E-state index in [4.69, 9.17) is 8.60 Å². The van der Waals surface area contributed by atoms with E-state index in [1.807, 2.05) is 6.26 Å². The number of thioether (sulfide) groups is 1. The molecule has 17 heavy (non-hydrogen) atoms. The van der Waals surface area contributed by atoms with Crippen molar-refractivity contribution in [1.82, 2.24) is 4.98 Å². The molecule has 0 N–H and O–H groups in total. The highest BCUT2D eigenvalue weighted by molar-refractivity contribution is 7.98. The molecule has 2 rings (SSSR count). The Bertz CT molecular complexity index is 633. The maximum absolute atomic E-state index is 10.9. The standard InChI is InChI=1S/C10H11NO4S2/c1-16-10-11-8-4-3-7(5-9(8)15-10)6-14-17(2,12)13/h3-5H,6H2,1-2H3. The SMILES string of the molecule is CSc1nc2ccc(COS(C)(=O)=O)cc2o1. The number of rotatable bonds is 4.